The van der Waals surface area contributed by atoms with Crippen LogP contribution in [-0.2, 0) is 9.53 Å². The van der Waals surface area contributed by atoms with Crippen LogP contribution >= 0.6 is 0 Å². The molecule has 2 nitrogen and oxygen atoms in total. The Morgan fingerprint density at radius 3 is 0.635 bits per heavy atom. The maximum atomic E-state index is 12.0. The molecule has 0 atom stereocenters. The molecule has 0 spiro atoms. The van der Waals surface area contributed by atoms with E-state index < -0.39 is 0 Å². The van der Waals surface area contributed by atoms with Gasteiger partial charge in [0.25, 0.3) is 0 Å². The lowest BCUT2D eigenvalue weighted by Crippen LogP contribution is -2.05. The summed E-state index contributed by atoms with van der Waals surface area (Å²) < 4.78 is 5.49. The SMILES string of the molecule is CCCCCCCCCCCCCCCCCCCCCCCCCCCCCC(=O)OCCCCCCCCCCCCCCCCCCCC. The molecule has 0 rings (SSSR count). The van der Waals surface area contributed by atoms with Crippen LogP contribution in [0.2, 0.25) is 0 Å². The van der Waals surface area contributed by atoms with Crippen molar-refractivity contribution in [2.45, 2.75) is 309 Å². The number of carbonyl (C=O) groups excluding carboxylic acids is 1. The molecule has 0 saturated carbocycles. The summed E-state index contributed by atoms with van der Waals surface area (Å²) in [5.74, 6) is 0.0339. The lowest BCUT2D eigenvalue weighted by atomic mass is 10.0. The fraction of sp³-hybridized carbons (Fsp3) is 0.980. The van der Waals surface area contributed by atoms with Gasteiger partial charge in [-0.2, -0.15) is 0 Å². The second kappa shape index (κ2) is 48.5. The second-order valence-corrected chi connectivity index (χ2v) is 17.2. The molecular weight excluding hydrogens is 633 g/mol. The average molecular weight is 733 g/mol. The van der Waals surface area contributed by atoms with Crippen molar-refractivity contribution < 1.29 is 9.53 Å². The molecule has 0 radical (unpaired) electrons. The molecule has 52 heavy (non-hydrogen) atoms. The van der Waals surface area contributed by atoms with Gasteiger partial charge >= 0.3 is 5.97 Å². The van der Waals surface area contributed by atoms with Crippen molar-refractivity contribution in [2.75, 3.05) is 6.61 Å². The Morgan fingerprint density at radius 1 is 0.250 bits per heavy atom. The summed E-state index contributed by atoms with van der Waals surface area (Å²) in [6, 6.07) is 0. The molecule has 0 heterocycles. The van der Waals surface area contributed by atoms with E-state index in [-0.39, 0.29) is 5.97 Å². The summed E-state index contributed by atoms with van der Waals surface area (Å²) >= 11 is 0. The maximum Gasteiger partial charge on any atom is 0.305 e. The first kappa shape index (κ1) is 51.5. The summed E-state index contributed by atoms with van der Waals surface area (Å²) in [6.45, 7) is 5.24. The molecule has 0 aliphatic heterocycles. The summed E-state index contributed by atoms with van der Waals surface area (Å²) in [5.41, 5.74) is 0. The molecule has 2 heteroatoms. The lowest BCUT2D eigenvalue weighted by molar-refractivity contribution is -0.143. The number of ether oxygens (including phenoxy) is 1. The van der Waals surface area contributed by atoms with Crippen LogP contribution in [0.4, 0.5) is 0 Å². The Kier molecular flexibility index (Phi) is 48.0. The van der Waals surface area contributed by atoms with Crippen molar-refractivity contribution in [2.24, 2.45) is 0 Å². The van der Waals surface area contributed by atoms with E-state index >= 15 is 0 Å². The smallest absolute Gasteiger partial charge is 0.305 e. The van der Waals surface area contributed by atoms with E-state index in [1.807, 2.05) is 0 Å². The van der Waals surface area contributed by atoms with E-state index in [1.54, 1.807) is 0 Å². The molecule has 0 aliphatic carbocycles. The Balaban J connectivity index is 3.14. The predicted octanol–water partition coefficient (Wildman–Crippen LogP) is 18.5. The molecule has 0 saturated heterocycles. The first-order chi connectivity index (χ1) is 25.8. The molecule has 312 valence electrons. The van der Waals surface area contributed by atoms with Gasteiger partial charge in [0.1, 0.15) is 0 Å². The van der Waals surface area contributed by atoms with Crippen LogP contribution in [0.3, 0.4) is 0 Å². The summed E-state index contributed by atoms with van der Waals surface area (Å²) in [7, 11) is 0. The molecule has 0 aromatic carbocycles. The Hall–Kier alpha value is -0.530. The highest BCUT2D eigenvalue weighted by atomic mass is 16.5. The summed E-state index contributed by atoms with van der Waals surface area (Å²) in [4.78, 5) is 12.0. The normalized spacial score (nSPS) is 11.5. The number of carbonyl (C=O) groups is 1. The van der Waals surface area contributed by atoms with Crippen molar-refractivity contribution in [3.8, 4) is 0 Å². The van der Waals surface area contributed by atoms with Crippen LogP contribution in [0.5, 0.6) is 0 Å². The topological polar surface area (TPSA) is 26.3 Å². The number of esters is 1. The van der Waals surface area contributed by atoms with Crippen molar-refractivity contribution in [3.05, 3.63) is 0 Å². The standard InChI is InChI=1S/C50H100O2/c1-3-5-7-9-11-13-15-17-19-21-23-24-25-26-27-28-29-30-31-32-34-36-38-40-42-44-46-48-50(51)52-49-47-45-43-41-39-37-35-33-22-20-18-16-14-12-10-8-6-4-2/h3-49H2,1-2H3. The van der Waals surface area contributed by atoms with Gasteiger partial charge in [-0.15, -0.1) is 0 Å². The maximum absolute atomic E-state index is 12.0. The molecule has 0 aromatic rings. The molecule has 0 fully saturated rings. The Morgan fingerprint density at radius 2 is 0.423 bits per heavy atom. The molecule has 0 aromatic heterocycles. The van der Waals surface area contributed by atoms with Gasteiger partial charge in [-0.3, -0.25) is 4.79 Å². The largest absolute Gasteiger partial charge is 0.466 e. The molecule has 0 N–H and O–H groups in total. The van der Waals surface area contributed by atoms with Crippen molar-refractivity contribution >= 4 is 5.97 Å². The Bertz CT molecular complexity index is 630. The number of hydrogen-bond donors (Lipinski definition) is 0. The highest BCUT2D eigenvalue weighted by Crippen LogP contribution is 2.17. The summed E-state index contributed by atoms with van der Waals surface area (Å²) in [6.07, 6.45) is 63.9. The average Bonchev–Trinajstić information content (AvgIpc) is 3.15. The quantitative estimate of drug-likeness (QED) is 0.0460. The van der Waals surface area contributed by atoms with E-state index in [0.717, 1.165) is 12.8 Å². The number of hydrogen-bond acceptors (Lipinski definition) is 2. The van der Waals surface area contributed by atoms with Gasteiger partial charge in [0.15, 0.2) is 0 Å². The zero-order valence-corrected chi connectivity index (χ0v) is 36.6. The van der Waals surface area contributed by atoms with Crippen molar-refractivity contribution in [1.82, 2.24) is 0 Å². The first-order valence-corrected chi connectivity index (χ1v) is 25.0. The van der Waals surface area contributed by atoms with Crippen LogP contribution < -0.4 is 0 Å². The van der Waals surface area contributed by atoms with Gasteiger partial charge in [0.2, 0.25) is 0 Å². The number of rotatable bonds is 47. The third kappa shape index (κ3) is 47.5. The zero-order valence-electron chi connectivity index (χ0n) is 36.6. The van der Waals surface area contributed by atoms with Crippen LogP contribution in [0.25, 0.3) is 0 Å². The molecule has 0 unspecified atom stereocenters. The van der Waals surface area contributed by atoms with Crippen LogP contribution in [0.1, 0.15) is 309 Å². The fourth-order valence-electron chi connectivity index (χ4n) is 8.02. The van der Waals surface area contributed by atoms with E-state index in [4.69, 9.17) is 4.74 Å². The van der Waals surface area contributed by atoms with Gasteiger partial charge in [0.05, 0.1) is 6.61 Å². The molecule has 0 amide bonds. The minimum atomic E-state index is 0.0339. The van der Waals surface area contributed by atoms with Crippen LogP contribution in [0.15, 0.2) is 0 Å². The van der Waals surface area contributed by atoms with E-state index in [0.29, 0.717) is 13.0 Å². The van der Waals surface area contributed by atoms with Crippen LogP contribution in [0, 0.1) is 0 Å². The van der Waals surface area contributed by atoms with E-state index in [9.17, 15) is 4.79 Å². The van der Waals surface area contributed by atoms with Gasteiger partial charge in [0, 0.05) is 6.42 Å². The third-order valence-electron chi connectivity index (χ3n) is 11.7. The minimum absolute atomic E-state index is 0.0339. The van der Waals surface area contributed by atoms with E-state index in [1.165, 1.54) is 276 Å². The molecule has 0 aliphatic rings. The zero-order chi connectivity index (χ0) is 37.5. The molecular formula is C50H100O2. The first-order valence-electron chi connectivity index (χ1n) is 25.0. The third-order valence-corrected chi connectivity index (χ3v) is 11.7. The highest BCUT2D eigenvalue weighted by molar-refractivity contribution is 5.69. The monoisotopic (exact) mass is 733 g/mol. The van der Waals surface area contributed by atoms with Gasteiger partial charge in [-0.25, -0.2) is 0 Å². The lowest BCUT2D eigenvalue weighted by Gasteiger charge is -2.06. The van der Waals surface area contributed by atoms with Gasteiger partial charge < -0.3 is 4.74 Å². The van der Waals surface area contributed by atoms with Gasteiger partial charge in [-0.1, -0.05) is 290 Å². The Labute approximate surface area is 330 Å². The summed E-state index contributed by atoms with van der Waals surface area (Å²) in [5, 5.41) is 0. The fourth-order valence-corrected chi connectivity index (χ4v) is 8.02. The highest BCUT2D eigenvalue weighted by Gasteiger charge is 2.03. The molecule has 0 bridgehead atoms. The van der Waals surface area contributed by atoms with E-state index in [2.05, 4.69) is 13.8 Å². The van der Waals surface area contributed by atoms with Gasteiger partial charge in [-0.05, 0) is 12.8 Å². The second-order valence-electron chi connectivity index (χ2n) is 17.2. The van der Waals surface area contributed by atoms with Crippen molar-refractivity contribution in [3.63, 3.8) is 0 Å². The van der Waals surface area contributed by atoms with Crippen LogP contribution in [-0.4, -0.2) is 12.6 Å². The number of unbranched alkanes of at least 4 members (excludes halogenated alkanes) is 43. The predicted molar refractivity (Wildman–Crippen MR) is 235 cm³/mol. The van der Waals surface area contributed by atoms with Crippen molar-refractivity contribution in [1.29, 1.82) is 0 Å². The minimum Gasteiger partial charge on any atom is -0.466 e.